The Kier molecular flexibility index (Phi) is 5.89. The highest BCUT2D eigenvalue weighted by Gasteiger charge is 1.88. The Morgan fingerprint density at radius 1 is 1.60 bits per heavy atom. The monoisotopic (exact) mass is 156 g/mol. The van der Waals surface area contributed by atoms with Crippen LogP contribution in [0.4, 0.5) is 0 Å². The fraction of sp³-hybridized carbons (Fsp3) is 0.571. The van der Waals surface area contributed by atoms with Crippen molar-refractivity contribution in [3.05, 3.63) is 0 Å². The molecule has 0 bridgehead atoms. The first-order valence-electron chi connectivity index (χ1n) is 3.26. The van der Waals surface area contributed by atoms with Crippen LogP contribution in [0.15, 0.2) is 0 Å². The summed E-state index contributed by atoms with van der Waals surface area (Å²) in [7, 11) is 0. The predicted molar refractivity (Wildman–Crippen MR) is 47.7 cm³/mol. The van der Waals surface area contributed by atoms with Crippen LogP contribution in [-0.2, 0) is 0 Å². The number of hydrogen-bond acceptors (Lipinski definition) is 1. The normalized spacial score (nSPS) is 8.00. The average Bonchev–Trinajstić information content (AvgIpc) is 1.97. The summed E-state index contributed by atoms with van der Waals surface area (Å²) in [4.78, 5) is 0. The topological polar surface area (TPSA) is 24.1 Å². The van der Waals surface area contributed by atoms with Gasteiger partial charge in [-0.05, 0) is 18.6 Å². The summed E-state index contributed by atoms with van der Waals surface area (Å²) in [5, 5.41) is 6.48. The van der Waals surface area contributed by atoms with Crippen LogP contribution in [0.2, 0.25) is 0 Å². The third-order valence-electron chi connectivity index (χ3n) is 0.887. The molecule has 0 rings (SSSR count). The van der Waals surface area contributed by atoms with Gasteiger partial charge >= 0.3 is 0 Å². The largest absolute Gasteiger partial charge is 0.363 e. The lowest BCUT2D eigenvalue weighted by Crippen LogP contribution is -2.35. The lowest BCUT2D eigenvalue weighted by Gasteiger charge is -2.05. The third-order valence-corrected chi connectivity index (χ3v) is 1.18. The number of rotatable bonds is 3. The van der Waals surface area contributed by atoms with Crippen molar-refractivity contribution in [2.75, 3.05) is 13.1 Å². The van der Waals surface area contributed by atoms with Gasteiger partial charge in [0.25, 0.3) is 0 Å². The van der Waals surface area contributed by atoms with Gasteiger partial charge in [-0.2, -0.15) is 0 Å². The van der Waals surface area contributed by atoms with E-state index in [4.69, 9.17) is 18.6 Å². The van der Waals surface area contributed by atoms with E-state index < -0.39 is 0 Å². The van der Waals surface area contributed by atoms with Gasteiger partial charge in [-0.1, -0.05) is 12.8 Å². The average molecular weight is 156 g/mol. The molecular weight excluding hydrogens is 144 g/mol. The summed E-state index contributed by atoms with van der Waals surface area (Å²) >= 11 is 4.87. The highest BCUT2D eigenvalue weighted by Crippen LogP contribution is 1.70. The Labute approximate surface area is 67.4 Å². The van der Waals surface area contributed by atoms with E-state index >= 15 is 0 Å². The second kappa shape index (κ2) is 6.37. The smallest absolute Gasteiger partial charge is 0.167 e. The zero-order chi connectivity index (χ0) is 7.82. The van der Waals surface area contributed by atoms with Crippen molar-refractivity contribution in [1.82, 2.24) is 10.6 Å². The molecule has 0 aliphatic carbocycles. The van der Waals surface area contributed by atoms with Gasteiger partial charge in [0.15, 0.2) is 5.11 Å². The van der Waals surface area contributed by atoms with Crippen molar-refractivity contribution in [1.29, 1.82) is 0 Å². The minimum Gasteiger partial charge on any atom is -0.363 e. The quantitative estimate of drug-likeness (QED) is 0.459. The fourth-order valence-corrected chi connectivity index (χ4v) is 0.607. The lowest BCUT2D eigenvalue weighted by atomic mass is 10.5. The predicted octanol–water partition coefficient (Wildman–Crippen LogP) is 0.494. The van der Waals surface area contributed by atoms with Crippen molar-refractivity contribution in [2.24, 2.45) is 0 Å². The van der Waals surface area contributed by atoms with E-state index in [-0.39, 0.29) is 0 Å². The second-order valence-corrected chi connectivity index (χ2v) is 2.22. The second-order valence-electron chi connectivity index (χ2n) is 1.81. The molecule has 0 aromatic rings. The first-order valence-corrected chi connectivity index (χ1v) is 3.67. The van der Waals surface area contributed by atoms with Crippen LogP contribution in [-0.4, -0.2) is 18.2 Å². The van der Waals surface area contributed by atoms with Crippen molar-refractivity contribution in [3.8, 4) is 12.3 Å². The summed E-state index contributed by atoms with van der Waals surface area (Å²) in [6.45, 7) is 3.47. The molecule has 0 spiro atoms. The molecule has 0 aliphatic heterocycles. The van der Waals surface area contributed by atoms with Crippen LogP contribution in [0.25, 0.3) is 0 Å². The highest BCUT2D eigenvalue weighted by molar-refractivity contribution is 7.80. The highest BCUT2D eigenvalue weighted by atomic mass is 32.1. The van der Waals surface area contributed by atoms with E-state index in [0.29, 0.717) is 11.7 Å². The number of nitrogens with one attached hydrogen (secondary N) is 2. The molecule has 0 unspecified atom stereocenters. The zero-order valence-corrected chi connectivity index (χ0v) is 6.92. The van der Waals surface area contributed by atoms with E-state index in [1.165, 1.54) is 0 Å². The van der Waals surface area contributed by atoms with Crippen molar-refractivity contribution < 1.29 is 0 Å². The van der Waals surface area contributed by atoms with Gasteiger partial charge < -0.3 is 10.6 Å². The lowest BCUT2D eigenvalue weighted by molar-refractivity contribution is 0.821. The summed E-state index contributed by atoms with van der Waals surface area (Å²) in [5.41, 5.74) is 0. The van der Waals surface area contributed by atoms with E-state index in [1.807, 2.05) is 0 Å². The van der Waals surface area contributed by atoms with Crippen LogP contribution in [0.1, 0.15) is 13.3 Å². The molecule has 3 heteroatoms. The Bertz CT molecular complexity index is 137. The summed E-state index contributed by atoms with van der Waals surface area (Å²) in [6.07, 6.45) is 6.07. The first kappa shape index (κ1) is 9.25. The molecule has 2 N–H and O–H groups in total. The molecular formula is C7H12N2S. The Morgan fingerprint density at radius 3 is 2.80 bits per heavy atom. The summed E-state index contributed by atoms with van der Waals surface area (Å²) < 4.78 is 0. The Morgan fingerprint density at radius 2 is 2.30 bits per heavy atom. The minimum atomic E-state index is 0.496. The SMILES string of the molecule is C#CCNC(=S)NCCC. The zero-order valence-electron chi connectivity index (χ0n) is 6.11. The van der Waals surface area contributed by atoms with Crippen LogP contribution < -0.4 is 10.6 Å². The molecule has 0 saturated heterocycles. The van der Waals surface area contributed by atoms with E-state index in [2.05, 4.69) is 23.5 Å². The van der Waals surface area contributed by atoms with Crippen LogP contribution in [0, 0.1) is 12.3 Å². The van der Waals surface area contributed by atoms with Crippen molar-refractivity contribution in [2.45, 2.75) is 13.3 Å². The van der Waals surface area contributed by atoms with Gasteiger partial charge in [0.1, 0.15) is 0 Å². The van der Waals surface area contributed by atoms with Gasteiger partial charge in [0, 0.05) is 6.54 Å². The van der Waals surface area contributed by atoms with Crippen molar-refractivity contribution in [3.63, 3.8) is 0 Å². The molecule has 10 heavy (non-hydrogen) atoms. The Hall–Kier alpha value is -0.750. The molecule has 0 fully saturated rings. The molecule has 0 radical (unpaired) electrons. The van der Waals surface area contributed by atoms with Crippen LogP contribution in [0.3, 0.4) is 0 Å². The third kappa shape index (κ3) is 5.39. The van der Waals surface area contributed by atoms with Gasteiger partial charge in [-0.15, -0.1) is 6.42 Å². The maximum Gasteiger partial charge on any atom is 0.167 e. The Balaban J connectivity index is 3.19. The molecule has 2 nitrogen and oxygen atoms in total. The maximum atomic E-state index is 5.01. The fourth-order valence-electron chi connectivity index (χ4n) is 0.432. The van der Waals surface area contributed by atoms with Gasteiger partial charge in [-0.25, -0.2) is 0 Å². The van der Waals surface area contributed by atoms with E-state index in [0.717, 1.165) is 13.0 Å². The van der Waals surface area contributed by atoms with E-state index in [1.54, 1.807) is 0 Å². The molecule has 0 aromatic heterocycles. The summed E-state index contributed by atoms with van der Waals surface area (Å²) in [6, 6.07) is 0. The molecule has 0 saturated carbocycles. The summed E-state index contributed by atoms with van der Waals surface area (Å²) in [5.74, 6) is 2.44. The molecule has 0 aliphatic rings. The van der Waals surface area contributed by atoms with Gasteiger partial charge in [0.2, 0.25) is 0 Å². The standard InChI is InChI=1S/C7H12N2S/c1-3-5-8-7(10)9-6-4-2/h1H,4-6H2,2H3,(H2,8,9,10). The van der Waals surface area contributed by atoms with E-state index in [9.17, 15) is 0 Å². The number of hydrogen-bond donors (Lipinski definition) is 2. The molecule has 0 amide bonds. The molecule has 0 atom stereocenters. The van der Waals surface area contributed by atoms with Gasteiger partial charge in [0.05, 0.1) is 6.54 Å². The van der Waals surface area contributed by atoms with Crippen LogP contribution in [0.5, 0.6) is 0 Å². The molecule has 0 heterocycles. The van der Waals surface area contributed by atoms with Crippen molar-refractivity contribution >= 4 is 17.3 Å². The maximum absolute atomic E-state index is 5.01. The molecule has 56 valence electrons. The number of thiocarbonyl (C=S) groups is 1. The minimum absolute atomic E-state index is 0.496. The van der Waals surface area contributed by atoms with Crippen LogP contribution >= 0.6 is 12.2 Å². The number of terminal acetylenes is 1. The van der Waals surface area contributed by atoms with Gasteiger partial charge in [-0.3, -0.25) is 0 Å². The first-order chi connectivity index (χ1) is 4.81. The molecule has 0 aromatic carbocycles.